The van der Waals surface area contributed by atoms with E-state index in [0.29, 0.717) is 10.8 Å². The number of rotatable bonds is 8. The monoisotopic (exact) mass is 480 g/mol. The van der Waals surface area contributed by atoms with Crippen LogP contribution in [0.1, 0.15) is 10.6 Å². The highest BCUT2D eigenvalue weighted by atomic mass is 32.2. The Balaban J connectivity index is 1.42. The third-order valence-electron chi connectivity index (χ3n) is 4.44. The first-order chi connectivity index (χ1) is 16.5. The molecule has 0 fully saturated rings. The summed E-state index contributed by atoms with van der Waals surface area (Å²) in [5.41, 5.74) is 0.934. The summed E-state index contributed by atoms with van der Waals surface area (Å²) in [5.74, 6) is -2.66. The second-order valence-electron chi connectivity index (χ2n) is 6.76. The summed E-state index contributed by atoms with van der Waals surface area (Å²) < 4.78 is 25.9. The highest BCUT2D eigenvalue weighted by Gasteiger charge is 2.20. The molecule has 34 heavy (non-hydrogen) atoms. The van der Waals surface area contributed by atoms with E-state index in [2.05, 4.69) is 15.5 Å². The number of benzene rings is 2. The number of thioether (sulfide) groups is 1. The van der Waals surface area contributed by atoms with E-state index < -0.39 is 30.2 Å². The van der Waals surface area contributed by atoms with Gasteiger partial charge in [0.2, 0.25) is 0 Å². The quantitative estimate of drug-likeness (QED) is 0.302. The second kappa shape index (κ2) is 10.6. The normalized spacial score (nSPS) is 10.6. The van der Waals surface area contributed by atoms with Crippen LogP contribution >= 0.6 is 11.8 Å². The van der Waals surface area contributed by atoms with E-state index in [1.165, 1.54) is 24.5 Å². The predicted molar refractivity (Wildman–Crippen MR) is 120 cm³/mol. The number of nitrogens with one attached hydrogen (secondary N) is 1. The van der Waals surface area contributed by atoms with Crippen LogP contribution in [0.3, 0.4) is 0 Å². The average molecular weight is 480 g/mol. The third-order valence-corrected chi connectivity index (χ3v) is 5.35. The topological polar surface area (TPSA) is 116 Å². The van der Waals surface area contributed by atoms with Crippen molar-refractivity contribution in [1.29, 1.82) is 0 Å². The Kier molecular flexibility index (Phi) is 7.13. The van der Waals surface area contributed by atoms with Crippen LogP contribution in [0.2, 0.25) is 0 Å². The third kappa shape index (κ3) is 5.38. The number of aromatic nitrogens is 3. The first-order valence-corrected chi connectivity index (χ1v) is 10.9. The lowest BCUT2D eigenvalue weighted by Crippen LogP contribution is -2.34. The van der Waals surface area contributed by atoms with Crippen molar-refractivity contribution in [3.05, 3.63) is 84.6 Å². The van der Waals surface area contributed by atoms with Gasteiger partial charge in [-0.1, -0.05) is 42.1 Å². The van der Waals surface area contributed by atoms with Gasteiger partial charge in [0.05, 0.1) is 17.6 Å². The number of hydrogen-bond acceptors (Lipinski definition) is 8. The summed E-state index contributed by atoms with van der Waals surface area (Å²) in [6.45, 7) is -0.641. The van der Waals surface area contributed by atoms with E-state index in [1.807, 2.05) is 18.2 Å². The van der Waals surface area contributed by atoms with E-state index in [0.717, 1.165) is 11.8 Å². The molecule has 0 aliphatic rings. The summed E-state index contributed by atoms with van der Waals surface area (Å²) in [6.07, 6.45) is 1.29. The molecule has 0 saturated heterocycles. The number of nitrogens with zero attached hydrogens (tertiary/aromatic N) is 3. The molecule has 4 rings (SSSR count). The van der Waals surface area contributed by atoms with Gasteiger partial charge in [-0.3, -0.25) is 24.3 Å². The number of carbonyl (C=O) groups is 3. The van der Waals surface area contributed by atoms with Gasteiger partial charge in [-0.05, 0) is 36.4 Å². The van der Waals surface area contributed by atoms with Crippen molar-refractivity contribution in [2.24, 2.45) is 0 Å². The molecule has 172 valence electrons. The molecule has 2 aromatic carbocycles. The van der Waals surface area contributed by atoms with E-state index >= 15 is 0 Å². The standard InChI is InChI=1S/C23H17FN4O5S/c24-17-10-5-4-9-16(17)21-26-27-23(28(21)15-7-2-1-3-8-15)34-14-20(30)33-13-19(29)25-22(31)18-11-6-12-32-18/h1-12H,13-14H2,(H,25,29,31). The Morgan fingerprint density at radius 1 is 1.00 bits per heavy atom. The Morgan fingerprint density at radius 2 is 1.76 bits per heavy atom. The van der Waals surface area contributed by atoms with Crippen LogP contribution in [0.4, 0.5) is 4.39 Å². The molecule has 2 heterocycles. The van der Waals surface area contributed by atoms with Crippen LogP contribution < -0.4 is 5.32 Å². The first-order valence-electron chi connectivity index (χ1n) is 9.95. The molecule has 4 aromatic rings. The predicted octanol–water partition coefficient (Wildman–Crippen LogP) is 3.26. The van der Waals surface area contributed by atoms with E-state index in [-0.39, 0.29) is 22.9 Å². The van der Waals surface area contributed by atoms with Gasteiger partial charge in [0.25, 0.3) is 11.8 Å². The Morgan fingerprint density at radius 3 is 2.50 bits per heavy atom. The molecule has 2 aromatic heterocycles. The highest BCUT2D eigenvalue weighted by Crippen LogP contribution is 2.29. The Labute approximate surface area is 196 Å². The lowest BCUT2D eigenvalue weighted by molar-refractivity contribution is -0.145. The van der Waals surface area contributed by atoms with E-state index in [9.17, 15) is 18.8 Å². The van der Waals surface area contributed by atoms with Gasteiger partial charge < -0.3 is 9.15 Å². The maximum Gasteiger partial charge on any atom is 0.316 e. The maximum absolute atomic E-state index is 14.4. The van der Waals surface area contributed by atoms with Gasteiger partial charge in [0.1, 0.15) is 5.82 Å². The van der Waals surface area contributed by atoms with Gasteiger partial charge in [-0.25, -0.2) is 4.39 Å². The summed E-state index contributed by atoms with van der Waals surface area (Å²) >= 11 is 1.01. The highest BCUT2D eigenvalue weighted by molar-refractivity contribution is 7.99. The van der Waals surface area contributed by atoms with Crippen molar-refractivity contribution in [3.63, 3.8) is 0 Å². The van der Waals surface area contributed by atoms with Crippen molar-refractivity contribution in [1.82, 2.24) is 20.1 Å². The van der Waals surface area contributed by atoms with E-state index in [4.69, 9.17) is 9.15 Å². The summed E-state index contributed by atoms with van der Waals surface area (Å²) in [4.78, 5) is 35.8. The molecule has 0 radical (unpaired) electrons. The molecule has 0 bridgehead atoms. The zero-order valence-electron chi connectivity index (χ0n) is 17.5. The maximum atomic E-state index is 14.4. The fourth-order valence-electron chi connectivity index (χ4n) is 2.93. The minimum absolute atomic E-state index is 0.0406. The SMILES string of the molecule is O=C(COC(=O)CSc1nnc(-c2ccccc2F)n1-c1ccccc1)NC(=O)c1ccco1. The number of esters is 1. The smallest absolute Gasteiger partial charge is 0.316 e. The largest absolute Gasteiger partial charge is 0.459 e. The second-order valence-corrected chi connectivity index (χ2v) is 7.70. The van der Waals surface area contributed by atoms with Crippen molar-refractivity contribution >= 4 is 29.5 Å². The van der Waals surface area contributed by atoms with Crippen LogP contribution in [0.5, 0.6) is 0 Å². The minimum Gasteiger partial charge on any atom is -0.459 e. The summed E-state index contributed by atoms with van der Waals surface area (Å²) in [7, 11) is 0. The number of carbonyl (C=O) groups excluding carboxylic acids is 3. The molecule has 0 aliphatic carbocycles. The number of amides is 2. The summed E-state index contributed by atoms with van der Waals surface area (Å²) in [5, 5.41) is 10.6. The van der Waals surface area contributed by atoms with Gasteiger partial charge in [-0.15, -0.1) is 10.2 Å². The number of halogens is 1. The zero-order valence-corrected chi connectivity index (χ0v) is 18.3. The van der Waals surface area contributed by atoms with Gasteiger partial charge in [-0.2, -0.15) is 0 Å². The number of ether oxygens (including phenoxy) is 1. The van der Waals surface area contributed by atoms with Crippen LogP contribution in [0, 0.1) is 5.82 Å². The molecule has 0 aliphatic heterocycles. The molecular formula is C23H17FN4O5S. The molecule has 0 spiro atoms. The van der Waals surface area contributed by atoms with E-state index in [1.54, 1.807) is 34.9 Å². The van der Waals surface area contributed by atoms with Crippen molar-refractivity contribution in [2.75, 3.05) is 12.4 Å². The van der Waals surface area contributed by atoms with Crippen LogP contribution in [0.15, 0.2) is 82.6 Å². The number of para-hydroxylation sites is 1. The molecule has 9 nitrogen and oxygen atoms in total. The van der Waals surface area contributed by atoms with Crippen LogP contribution in [-0.2, 0) is 14.3 Å². The molecule has 2 amide bonds. The molecule has 0 unspecified atom stereocenters. The molecule has 0 saturated carbocycles. The first kappa shape index (κ1) is 22.9. The lowest BCUT2D eigenvalue weighted by atomic mass is 10.2. The van der Waals surface area contributed by atoms with Gasteiger partial charge in [0.15, 0.2) is 23.3 Å². The minimum atomic E-state index is -0.797. The van der Waals surface area contributed by atoms with Crippen LogP contribution in [0.25, 0.3) is 17.1 Å². The molecular weight excluding hydrogens is 463 g/mol. The number of hydrogen-bond donors (Lipinski definition) is 1. The number of imide groups is 1. The Hall–Kier alpha value is -4.25. The van der Waals surface area contributed by atoms with Crippen molar-refractivity contribution in [2.45, 2.75) is 5.16 Å². The zero-order chi connectivity index (χ0) is 23.9. The molecule has 0 atom stereocenters. The fraction of sp³-hybridized carbons (Fsp3) is 0.0870. The molecule has 1 N–H and O–H groups in total. The number of furan rings is 1. The van der Waals surface area contributed by atoms with Gasteiger partial charge >= 0.3 is 5.97 Å². The van der Waals surface area contributed by atoms with Crippen LogP contribution in [-0.4, -0.2) is 44.9 Å². The van der Waals surface area contributed by atoms with Gasteiger partial charge in [0, 0.05) is 5.69 Å². The summed E-state index contributed by atoms with van der Waals surface area (Å²) in [6, 6.07) is 18.1. The average Bonchev–Trinajstić information content (AvgIpc) is 3.53. The van der Waals surface area contributed by atoms with Crippen molar-refractivity contribution < 1.29 is 27.9 Å². The molecule has 11 heteroatoms. The fourth-order valence-corrected chi connectivity index (χ4v) is 3.68. The van der Waals surface area contributed by atoms with Crippen molar-refractivity contribution in [3.8, 4) is 17.1 Å². The lowest BCUT2D eigenvalue weighted by Gasteiger charge is -2.10. The Bertz CT molecular complexity index is 1310.